The lowest BCUT2D eigenvalue weighted by Gasteiger charge is -2.16. The average Bonchev–Trinajstić information content (AvgIpc) is 2.22. The van der Waals surface area contributed by atoms with Gasteiger partial charge in [-0.2, -0.15) is 0 Å². The molecule has 0 radical (unpaired) electrons. The number of nitrogens with two attached hydrogens (primary N) is 1. The summed E-state index contributed by atoms with van der Waals surface area (Å²) in [6.45, 7) is 1.99. The van der Waals surface area contributed by atoms with Gasteiger partial charge in [-0.05, 0) is 31.2 Å². The second-order valence-corrected chi connectivity index (χ2v) is 2.79. The lowest BCUT2D eigenvalue weighted by Crippen LogP contribution is -2.29. The Labute approximate surface area is 88.0 Å². The number of nitrogen functional groups attached to an aromatic ring is 1. The van der Waals surface area contributed by atoms with Crippen LogP contribution in [0.4, 0.5) is 16.2 Å². The fourth-order valence-electron chi connectivity index (χ4n) is 1.06. The van der Waals surface area contributed by atoms with Crippen LogP contribution in [0.2, 0.25) is 0 Å². The number of hydrogen-bond acceptors (Lipinski definition) is 4. The van der Waals surface area contributed by atoms with Crippen molar-refractivity contribution in [2.45, 2.75) is 6.92 Å². The molecule has 0 atom stereocenters. The fraction of sp³-hybridized carbons (Fsp3) is 0.200. The van der Waals surface area contributed by atoms with Gasteiger partial charge in [0.05, 0.1) is 18.6 Å². The van der Waals surface area contributed by atoms with Gasteiger partial charge < -0.3 is 10.5 Å². The van der Waals surface area contributed by atoms with Gasteiger partial charge in [-0.25, -0.2) is 9.69 Å². The fourth-order valence-corrected chi connectivity index (χ4v) is 1.06. The molecule has 1 rings (SSSR count). The van der Waals surface area contributed by atoms with Crippen molar-refractivity contribution in [3.05, 3.63) is 24.3 Å². The van der Waals surface area contributed by atoms with Crippen molar-refractivity contribution in [1.29, 1.82) is 5.41 Å². The maximum Gasteiger partial charge on any atom is 0.419 e. The first-order valence-corrected chi connectivity index (χ1v) is 4.51. The summed E-state index contributed by atoms with van der Waals surface area (Å²) in [6, 6.07) is 6.62. The maximum atomic E-state index is 11.4. The van der Waals surface area contributed by atoms with E-state index in [9.17, 15) is 4.79 Å². The van der Waals surface area contributed by atoms with Crippen LogP contribution < -0.4 is 10.6 Å². The summed E-state index contributed by atoms with van der Waals surface area (Å²) < 4.78 is 4.78. The first-order chi connectivity index (χ1) is 7.19. The molecule has 0 aliphatic heterocycles. The molecule has 0 saturated carbocycles. The van der Waals surface area contributed by atoms with Gasteiger partial charge in [0.15, 0.2) is 0 Å². The van der Waals surface area contributed by atoms with E-state index in [2.05, 4.69) is 0 Å². The van der Waals surface area contributed by atoms with Crippen molar-refractivity contribution in [2.24, 2.45) is 0 Å². The standard InChI is InChI=1S/C10H13N3O2/c1-2-15-10(14)13(7-11)9-5-3-8(12)4-6-9/h3-7,11H,2,12H2,1H3. The van der Waals surface area contributed by atoms with Crippen molar-refractivity contribution < 1.29 is 9.53 Å². The summed E-state index contributed by atoms with van der Waals surface area (Å²) in [6.07, 6.45) is 0.334. The van der Waals surface area contributed by atoms with Gasteiger partial charge in [-0.1, -0.05) is 0 Å². The van der Waals surface area contributed by atoms with E-state index in [0.29, 0.717) is 11.4 Å². The van der Waals surface area contributed by atoms with Crippen LogP contribution in [0.1, 0.15) is 6.92 Å². The first-order valence-electron chi connectivity index (χ1n) is 4.51. The van der Waals surface area contributed by atoms with Crippen LogP contribution in [-0.4, -0.2) is 19.0 Å². The number of anilines is 2. The van der Waals surface area contributed by atoms with Crippen LogP contribution in [-0.2, 0) is 4.74 Å². The molecule has 80 valence electrons. The summed E-state index contributed by atoms with van der Waals surface area (Å²) in [5.41, 5.74) is 6.67. The Balaban J connectivity index is 2.87. The molecule has 0 aliphatic carbocycles. The first kappa shape index (κ1) is 11.0. The quantitative estimate of drug-likeness (QED) is 0.451. The molecule has 1 aromatic carbocycles. The zero-order valence-electron chi connectivity index (χ0n) is 8.43. The van der Waals surface area contributed by atoms with E-state index in [1.807, 2.05) is 0 Å². The van der Waals surface area contributed by atoms with Crippen molar-refractivity contribution in [1.82, 2.24) is 0 Å². The molecule has 5 heteroatoms. The normalized spacial score (nSPS) is 9.40. The topological polar surface area (TPSA) is 79.4 Å². The lowest BCUT2D eigenvalue weighted by molar-refractivity contribution is 0.163. The number of nitrogens with zero attached hydrogens (tertiary/aromatic N) is 1. The highest BCUT2D eigenvalue weighted by Gasteiger charge is 2.13. The number of nitrogens with one attached hydrogen (secondary N) is 1. The summed E-state index contributed by atoms with van der Waals surface area (Å²) in [7, 11) is 0. The zero-order chi connectivity index (χ0) is 11.3. The van der Waals surface area contributed by atoms with E-state index in [0.717, 1.165) is 11.2 Å². The number of ether oxygens (including phenoxy) is 1. The maximum absolute atomic E-state index is 11.4. The summed E-state index contributed by atoms with van der Waals surface area (Å²) in [4.78, 5) is 12.5. The van der Waals surface area contributed by atoms with E-state index in [4.69, 9.17) is 15.9 Å². The Kier molecular flexibility index (Phi) is 3.68. The predicted octanol–water partition coefficient (Wildman–Crippen LogP) is 1.84. The van der Waals surface area contributed by atoms with E-state index < -0.39 is 6.09 Å². The van der Waals surface area contributed by atoms with Crippen LogP contribution in [0.25, 0.3) is 0 Å². The minimum Gasteiger partial charge on any atom is -0.449 e. The molecule has 0 bridgehead atoms. The summed E-state index contributed by atoms with van der Waals surface area (Å²) >= 11 is 0. The van der Waals surface area contributed by atoms with Crippen molar-refractivity contribution in [2.75, 3.05) is 17.2 Å². The van der Waals surface area contributed by atoms with Gasteiger partial charge in [0.1, 0.15) is 0 Å². The number of carbonyl (C=O) groups is 1. The third kappa shape index (κ3) is 2.70. The average molecular weight is 207 g/mol. The van der Waals surface area contributed by atoms with E-state index in [1.54, 1.807) is 31.2 Å². The lowest BCUT2D eigenvalue weighted by atomic mass is 10.3. The zero-order valence-corrected chi connectivity index (χ0v) is 8.43. The largest absolute Gasteiger partial charge is 0.449 e. The summed E-state index contributed by atoms with van der Waals surface area (Å²) in [5.74, 6) is 0. The molecule has 0 aromatic heterocycles. The molecular weight excluding hydrogens is 194 g/mol. The third-order valence-electron chi connectivity index (χ3n) is 1.76. The van der Waals surface area contributed by atoms with Gasteiger partial charge in [0, 0.05) is 5.69 Å². The van der Waals surface area contributed by atoms with Gasteiger partial charge in [-0.3, -0.25) is 5.41 Å². The molecule has 0 saturated heterocycles. The molecule has 5 nitrogen and oxygen atoms in total. The molecule has 1 aromatic rings. The molecule has 0 unspecified atom stereocenters. The van der Waals surface area contributed by atoms with Crippen LogP contribution in [0.5, 0.6) is 0 Å². The molecule has 0 aliphatic rings. The summed E-state index contributed by atoms with van der Waals surface area (Å²) in [5, 5.41) is 7.13. The molecule has 0 heterocycles. The minimum atomic E-state index is -0.572. The molecular formula is C10H13N3O2. The Hall–Kier alpha value is -2.04. The highest BCUT2D eigenvalue weighted by molar-refractivity contribution is 6.04. The predicted molar refractivity (Wildman–Crippen MR) is 59.1 cm³/mol. The number of hydrogen-bond donors (Lipinski definition) is 2. The monoisotopic (exact) mass is 207 g/mol. The Morgan fingerprint density at radius 2 is 2.13 bits per heavy atom. The van der Waals surface area contributed by atoms with E-state index in [-0.39, 0.29) is 6.61 Å². The smallest absolute Gasteiger partial charge is 0.419 e. The third-order valence-corrected chi connectivity index (χ3v) is 1.76. The molecule has 0 fully saturated rings. The Morgan fingerprint density at radius 3 is 2.60 bits per heavy atom. The van der Waals surface area contributed by atoms with Crippen LogP contribution in [0.3, 0.4) is 0 Å². The molecule has 15 heavy (non-hydrogen) atoms. The Morgan fingerprint density at radius 1 is 1.53 bits per heavy atom. The second kappa shape index (κ2) is 4.99. The number of amides is 1. The minimum absolute atomic E-state index is 0.276. The number of carbonyl (C=O) groups excluding carboxylic acids is 1. The van der Waals surface area contributed by atoms with Gasteiger partial charge in [-0.15, -0.1) is 0 Å². The van der Waals surface area contributed by atoms with E-state index >= 15 is 0 Å². The van der Waals surface area contributed by atoms with E-state index in [1.165, 1.54) is 0 Å². The number of benzene rings is 1. The Bertz CT molecular complexity index is 348. The van der Waals surface area contributed by atoms with Crippen molar-refractivity contribution in [3.8, 4) is 0 Å². The van der Waals surface area contributed by atoms with Gasteiger partial charge >= 0.3 is 6.09 Å². The highest BCUT2D eigenvalue weighted by Crippen LogP contribution is 2.15. The molecule has 1 amide bonds. The van der Waals surface area contributed by atoms with Gasteiger partial charge in [0.25, 0.3) is 0 Å². The van der Waals surface area contributed by atoms with Crippen LogP contribution in [0.15, 0.2) is 24.3 Å². The SMILES string of the molecule is CCOC(=O)N(C=N)c1ccc(N)cc1. The van der Waals surface area contributed by atoms with Crippen molar-refractivity contribution in [3.63, 3.8) is 0 Å². The highest BCUT2D eigenvalue weighted by atomic mass is 16.6. The van der Waals surface area contributed by atoms with Crippen LogP contribution in [0, 0.1) is 5.41 Å². The van der Waals surface area contributed by atoms with Crippen molar-refractivity contribution >= 4 is 23.8 Å². The van der Waals surface area contributed by atoms with Crippen LogP contribution >= 0.6 is 0 Å². The molecule has 0 spiro atoms. The van der Waals surface area contributed by atoms with Gasteiger partial charge in [0.2, 0.25) is 0 Å². The molecule has 3 N–H and O–H groups in total. The second-order valence-electron chi connectivity index (χ2n) is 2.79. The number of rotatable bonds is 3.